The van der Waals surface area contributed by atoms with Crippen LogP contribution in [-0.4, -0.2) is 37.4 Å². The lowest BCUT2D eigenvalue weighted by Gasteiger charge is -2.13. The molecular formula is C15H18N4O3. The molecule has 7 heteroatoms. The van der Waals surface area contributed by atoms with Gasteiger partial charge in [0.2, 0.25) is 0 Å². The first-order valence-electron chi connectivity index (χ1n) is 7.25. The lowest BCUT2D eigenvalue weighted by atomic mass is 10.1. The van der Waals surface area contributed by atoms with E-state index in [9.17, 15) is 9.59 Å². The summed E-state index contributed by atoms with van der Waals surface area (Å²) in [5.74, 6) is -0.669. The molecule has 2 unspecified atom stereocenters. The largest absolute Gasteiger partial charge is 0.481 e. The van der Waals surface area contributed by atoms with Crippen molar-refractivity contribution in [1.82, 2.24) is 19.7 Å². The van der Waals surface area contributed by atoms with E-state index in [0.717, 1.165) is 0 Å². The summed E-state index contributed by atoms with van der Waals surface area (Å²) in [6.07, 6.45) is 7.03. The van der Waals surface area contributed by atoms with E-state index < -0.39 is 5.97 Å². The number of aryl methyl sites for hydroxylation is 1. The van der Waals surface area contributed by atoms with Crippen molar-refractivity contribution in [1.29, 1.82) is 0 Å². The van der Waals surface area contributed by atoms with Gasteiger partial charge in [0.1, 0.15) is 11.4 Å². The summed E-state index contributed by atoms with van der Waals surface area (Å²) in [4.78, 5) is 23.5. The molecule has 2 aromatic rings. The summed E-state index contributed by atoms with van der Waals surface area (Å²) in [5.41, 5.74) is 0.484. The van der Waals surface area contributed by atoms with Crippen LogP contribution in [0.5, 0.6) is 0 Å². The van der Waals surface area contributed by atoms with Crippen molar-refractivity contribution in [2.24, 2.45) is 13.0 Å². The molecule has 1 amide bonds. The first-order valence-corrected chi connectivity index (χ1v) is 7.25. The summed E-state index contributed by atoms with van der Waals surface area (Å²) < 4.78 is 3.47. The summed E-state index contributed by atoms with van der Waals surface area (Å²) >= 11 is 0. The molecule has 2 aromatic heterocycles. The molecule has 1 fully saturated rings. The Morgan fingerprint density at radius 3 is 2.68 bits per heavy atom. The van der Waals surface area contributed by atoms with Crippen LogP contribution < -0.4 is 5.32 Å². The van der Waals surface area contributed by atoms with Crippen LogP contribution in [0.25, 0.3) is 5.82 Å². The Bertz CT molecular complexity index is 690. The van der Waals surface area contributed by atoms with E-state index >= 15 is 0 Å². The fourth-order valence-electron chi connectivity index (χ4n) is 2.97. The summed E-state index contributed by atoms with van der Waals surface area (Å²) in [6.45, 7) is 0. The average Bonchev–Trinajstić information content (AvgIpc) is 3.17. The first kappa shape index (κ1) is 14.4. The maximum absolute atomic E-state index is 12.5. The van der Waals surface area contributed by atoms with Gasteiger partial charge in [-0.25, -0.2) is 0 Å². The fourth-order valence-corrected chi connectivity index (χ4v) is 2.97. The van der Waals surface area contributed by atoms with Crippen LogP contribution in [0.4, 0.5) is 0 Å². The van der Waals surface area contributed by atoms with Crippen molar-refractivity contribution >= 4 is 11.9 Å². The van der Waals surface area contributed by atoms with Gasteiger partial charge in [0.15, 0.2) is 0 Å². The smallest absolute Gasteiger partial charge is 0.306 e. The van der Waals surface area contributed by atoms with Crippen LogP contribution in [0.2, 0.25) is 0 Å². The Morgan fingerprint density at radius 2 is 2.05 bits per heavy atom. The first-order chi connectivity index (χ1) is 10.6. The van der Waals surface area contributed by atoms with E-state index in [1.165, 1.54) is 6.20 Å². The maximum Gasteiger partial charge on any atom is 0.306 e. The lowest BCUT2D eigenvalue weighted by Crippen LogP contribution is -2.33. The highest BCUT2D eigenvalue weighted by Crippen LogP contribution is 2.26. The zero-order valence-corrected chi connectivity index (χ0v) is 12.3. The van der Waals surface area contributed by atoms with Gasteiger partial charge in [0.25, 0.3) is 5.91 Å². The standard InChI is InChI=1S/C15H18N4O3/c1-18-14(19-6-2-3-7-19)12(9-16-18)13(20)17-11-5-4-10(8-11)15(21)22/h2-3,6-7,9-11H,4-5,8H2,1H3,(H,17,20)(H,21,22). The molecule has 0 bridgehead atoms. The predicted molar refractivity (Wildman–Crippen MR) is 78.8 cm³/mol. The molecule has 2 N–H and O–H groups in total. The molecule has 22 heavy (non-hydrogen) atoms. The van der Waals surface area contributed by atoms with Crippen molar-refractivity contribution in [3.05, 3.63) is 36.3 Å². The number of nitrogens with one attached hydrogen (secondary N) is 1. The lowest BCUT2D eigenvalue weighted by molar-refractivity contribution is -0.141. The van der Waals surface area contributed by atoms with E-state index in [1.54, 1.807) is 11.7 Å². The third kappa shape index (κ3) is 2.61. The summed E-state index contributed by atoms with van der Waals surface area (Å²) in [7, 11) is 1.78. The van der Waals surface area contributed by atoms with Crippen molar-refractivity contribution in [3.63, 3.8) is 0 Å². The molecule has 2 atom stereocenters. The monoisotopic (exact) mass is 302 g/mol. The number of carboxylic acid groups (broad SMARTS) is 1. The van der Waals surface area contributed by atoms with E-state index in [-0.39, 0.29) is 17.9 Å². The number of aromatic nitrogens is 3. The number of aliphatic carboxylic acids is 1. The number of hydrogen-bond acceptors (Lipinski definition) is 3. The fraction of sp³-hybridized carbons (Fsp3) is 0.400. The third-order valence-electron chi connectivity index (χ3n) is 4.12. The SMILES string of the molecule is Cn1ncc(C(=O)NC2CCC(C(=O)O)C2)c1-n1cccc1. The zero-order valence-electron chi connectivity index (χ0n) is 12.3. The van der Waals surface area contributed by atoms with Gasteiger partial charge in [0, 0.05) is 25.5 Å². The van der Waals surface area contributed by atoms with Crippen molar-refractivity contribution < 1.29 is 14.7 Å². The molecule has 1 aliphatic rings. The maximum atomic E-state index is 12.5. The number of carbonyl (C=O) groups is 2. The molecule has 1 aliphatic carbocycles. The quantitative estimate of drug-likeness (QED) is 0.888. The second kappa shape index (κ2) is 5.67. The minimum absolute atomic E-state index is 0.0914. The van der Waals surface area contributed by atoms with E-state index in [0.29, 0.717) is 30.6 Å². The van der Waals surface area contributed by atoms with Gasteiger partial charge in [0.05, 0.1) is 12.1 Å². The second-order valence-electron chi connectivity index (χ2n) is 5.61. The van der Waals surface area contributed by atoms with E-state index in [1.807, 2.05) is 29.1 Å². The van der Waals surface area contributed by atoms with E-state index in [4.69, 9.17) is 5.11 Å². The van der Waals surface area contributed by atoms with Crippen LogP contribution in [0, 0.1) is 5.92 Å². The normalized spacial score (nSPS) is 21.0. The molecule has 0 aliphatic heterocycles. The molecule has 116 valence electrons. The van der Waals surface area contributed by atoms with Gasteiger partial charge in [-0.2, -0.15) is 5.10 Å². The van der Waals surface area contributed by atoms with Gasteiger partial charge in [-0.3, -0.25) is 14.3 Å². The van der Waals surface area contributed by atoms with Crippen molar-refractivity contribution in [2.45, 2.75) is 25.3 Å². The highest BCUT2D eigenvalue weighted by atomic mass is 16.4. The molecule has 7 nitrogen and oxygen atoms in total. The Kier molecular flexibility index (Phi) is 3.70. The van der Waals surface area contributed by atoms with Crippen molar-refractivity contribution in [2.75, 3.05) is 0 Å². The number of carboxylic acids is 1. The predicted octanol–water partition coefficient (Wildman–Crippen LogP) is 1.19. The highest BCUT2D eigenvalue weighted by molar-refractivity contribution is 5.97. The van der Waals surface area contributed by atoms with Gasteiger partial charge in [-0.1, -0.05) is 0 Å². The second-order valence-corrected chi connectivity index (χ2v) is 5.61. The molecule has 0 aromatic carbocycles. The number of amides is 1. The van der Waals surface area contributed by atoms with Crippen LogP contribution in [0.1, 0.15) is 29.6 Å². The number of carbonyl (C=O) groups excluding carboxylic acids is 1. The van der Waals surface area contributed by atoms with Crippen LogP contribution >= 0.6 is 0 Å². The summed E-state index contributed by atoms with van der Waals surface area (Å²) in [6, 6.07) is 3.66. The number of hydrogen-bond donors (Lipinski definition) is 2. The Balaban J connectivity index is 1.75. The number of rotatable bonds is 4. The third-order valence-corrected chi connectivity index (χ3v) is 4.12. The minimum Gasteiger partial charge on any atom is -0.481 e. The molecule has 1 saturated carbocycles. The topological polar surface area (TPSA) is 89.2 Å². The van der Waals surface area contributed by atoms with Crippen LogP contribution in [-0.2, 0) is 11.8 Å². The molecule has 2 heterocycles. The van der Waals surface area contributed by atoms with Crippen LogP contribution in [0.15, 0.2) is 30.7 Å². The number of nitrogens with zero attached hydrogens (tertiary/aromatic N) is 3. The Hall–Kier alpha value is -2.57. The van der Waals surface area contributed by atoms with Gasteiger partial charge < -0.3 is 15.0 Å². The molecule has 0 saturated heterocycles. The van der Waals surface area contributed by atoms with Gasteiger partial charge in [-0.05, 0) is 31.4 Å². The Morgan fingerprint density at radius 1 is 1.32 bits per heavy atom. The van der Waals surface area contributed by atoms with Crippen LogP contribution in [0.3, 0.4) is 0 Å². The molecule has 0 spiro atoms. The van der Waals surface area contributed by atoms with Gasteiger partial charge in [-0.15, -0.1) is 0 Å². The van der Waals surface area contributed by atoms with E-state index in [2.05, 4.69) is 10.4 Å². The summed E-state index contributed by atoms with van der Waals surface area (Å²) in [5, 5.41) is 16.1. The van der Waals surface area contributed by atoms with Crippen molar-refractivity contribution in [3.8, 4) is 5.82 Å². The molecule has 3 rings (SSSR count). The molecule has 0 radical (unpaired) electrons. The molecular weight excluding hydrogens is 284 g/mol. The Labute approximate surface area is 127 Å². The van der Waals surface area contributed by atoms with Gasteiger partial charge >= 0.3 is 5.97 Å². The average molecular weight is 302 g/mol. The highest BCUT2D eigenvalue weighted by Gasteiger charge is 2.31. The minimum atomic E-state index is -0.786. The zero-order chi connectivity index (χ0) is 15.7.